The first-order valence-electron chi connectivity index (χ1n) is 5.19. The Hall–Kier alpha value is -2.10. The van der Waals surface area contributed by atoms with Crippen molar-refractivity contribution in [3.8, 4) is 0 Å². The van der Waals surface area contributed by atoms with Gasteiger partial charge in [-0.3, -0.25) is 4.79 Å². The number of hydrogen-bond acceptors (Lipinski definition) is 3. The van der Waals surface area contributed by atoms with E-state index in [1.807, 2.05) is 25.1 Å². The summed E-state index contributed by atoms with van der Waals surface area (Å²) in [6.07, 6.45) is 1.03. The summed E-state index contributed by atoms with van der Waals surface area (Å²) in [6, 6.07) is 7.28. The van der Waals surface area contributed by atoms with E-state index in [1.165, 1.54) is 0 Å². The van der Waals surface area contributed by atoms with Crippen LogP contribution in [0.15, 0.2) is 36.1 Å². The predicted octanol–water partition coefficient (Wildman–Crippen LogP) is 1.78. The average Bonchev–Trinajstić information content (AvgIpc) is 2.57. The first-order chi connectivity index (χ1) is 7.93. The lowest BCUT2D eigenvalue weighted by Gasteiger charge is -2.23. The van der Waals surface area contributed by atoms with Crippen molar-refractivity contribution in [3.63, 3.8) is 0 Å². The van der Waals surface area contributed by atoms with Gasteiger partial charge in [0.15, 0.2) is 5.60 Å². The van der Waals surface area contributed by atoms with E-state index in [4.69, 9.17) is 9.84 Å². The van der Waals surface area contributed by atoms with Crippen molar-refractivity contribution in [2.75, 3.05) is 0 Å². The van der Waals surface area contributed by atoms with Gasteiger partial charge >= 0.3 is 5.97 Å². The van der Waals surface area contributed by atoms with E-state index in [2.05, 4.69) is 0 Å². The molecule has 2 rings (SSSR count). The number of ether oxygens (including phenoxy) is 1. The number of carbonyl (C=O) groups excluding carboxylic acids is 1. The van der Waals surface area contributed by atoms with Gasteiger partial charge in [-0.05, 0) is 13.8 Å². The number of carbonyl (C=O) groups is 2. The van der Waals surface area contributed by atoms with Crippen molar-refractivity contribution in [1.29, 1.82) is 0 Å². The van der Waals surface area contributed by atoms with Crippen LogP contribution in [0, 0.1) is 6.92 Å². The minimum absolute atomic E-state index is 0.306. The second-order valence-corrected chi connectivity index (χ2v) is 4.18. The molecule has 4 heteroatoms. The minimum atomic E-state index is -1.23. The molecular formula is C13H12O4. The normalized spacial score (nSPS) is 23.2. The van der Waals surface area contributed by atoms with E-state index in [-0.39, 0.29) is 11.5 Å². The van der Waals surface area contributed by atoms with E-state index in [0.29, 0.717) is 5.56 Å². The van der Waals surface area contributed by atoms with Crippen molar-refractivity contribution < 1.29 is 19.4 Å². The van der Waals surface area contributed by atoms with Gasteiger partial charge < -0.3 is 9.84 Å². The first kappa shape index (κ1) is 11.4. The third-order valence-electron chi connectivity index (χ3n) is 2.83. The van der Waals surface area contributed by atoms with Crippen LogP contribution in [0.4, 0.5) is 0 Å². The Balaban J connectivity index is 2.41. The van der Waals surface area contributed by atoms with Crippen molar-refractivity contribution in [1.82, 2.24) is 0 Å². The lowest BCUT2D eigenvalue weighted by molar-refractivity contribution is -0.141. The van der Waals surface area contributed by atoms with Crippen LogP contribution >= 0.6 is 0 Å². The fourth-order valence-electron chi connectivity index (χ4n) is 1.80. The average molecular weight is 232 g/mol. The number of hydrogen-bond donors (Lipinski definition) is 1. The van der Waals surface area contributed by atoms with Gasteiger partial charge in [-0.2, -0.15) is 0 Å². The Kier molecular flexibility index (Phi) is 2.50. The summed E-state index contributed by atoms with van der Waals surface area (Å²) in [5.74, 6) is -1.88. The summed E-state index contributed by atoms with van der Waals surface area (Å²) in [6.45, 7) is 3.48. The maximum absolute atomic E-state index is 11.9. The molecule has 0 bridgehead atoms. The molecule has 4 nitrogen and oxygen atoms in total. The third kappa shape index (κ3) is 1.82. The molecule has 0 aromatic heterocycles. The molecule has 1 unspecified atom stereocenters. The minimum Gasteiger partial charge on any atom is -0.475 e. The molecule has 1 atom stereocenters. The zero-order valence-electron chi connectivity index (χ0n) is 9.56. The van der Waals surface area contributed by atoms with E-state index in [1.54, 1.807) is 13.0 Å². The van der Waals surface area contributed by atoms with Gasteiger partial charge in [-0.25, -0.2) is 4.79 Å². The number of aliphatic carboxylic acids is 1. The number of ketones is 1. The third-order valence-corrected chi connectivity index (χ3v) is 2.83. The predicted molar refractivity (Wildman–Crippen MR) is 60.3 cm³/mol. The number of benzene rings is 1. The molecule has 17 heavy (non-hydrogen) atoms. The zero-order chi connectivity index (χ0) is 12.6. The summed E-state index contributed by atoms with van der Waals surface area (Å²) in [5, 5.41) is 8.82. The molecule has 1 N–H and O–H groups in total. The van der Waals surface area contributed by atoms with Crippen molar-refractivity contribution in [2.45, 2.75) is 19.4 Å². The van der Waals surface area contributed by atoms with Crippen LogP contribution in [-0.4, -0.2) is 16.9 Å². The molecule has 0 saturated carbocycles. The Morgan fingerprint density at radius 2 is 2.12 bits per heavy atom. The Labute approximate surface area is 98.5 Å². The largest absolute Gasteiger partial charge is 0.475 e. The van der Waals surface area contributed by atoms with Crippen LogP contribution in [0.25, 0.3) is 0 Å². The highest BCUT2D eigenvalue weighted by Gasteiger charge is 2.43. The van der Waals surface area contributed by atoms with E-state index in [9.17, 15) is 9.59 Å². The highest BCUT2D eigenvalue weighted by Crippen LogP contribution is 2.35. The van der Waals surface area contributed by atoms with Crippen LogP contribution in [-0.2, 0) is 19.9 Å². The molecule has 88 valence electrons. The van der Waals surface area contributed by atoms with Crippen molar-refractivity contribution in [2.24, 2.45) is 0 Å². The molecule has 1 aliphatic rings. The Morgan fingerprint density at radius 1 is 1.41 bits per heavy atom. The first-order valence-corrected chi connectivity index (χ1v) is 5.19. The highest BCUT2D eigenvalue weighted by molar-refractivity contribution is 6.05. The van der Waals surface area contributed by atoms with Gasteiger partial charge in [0.05, 0.1) is 0 Å². The SMILES string of the molecule is Cc1cccc(C2(C)OC(C(=O)O)=CC2=O)c1. The topological polar surface area (TPSA) is 63.6 Å². The van der Waals surface area contributed by atoms with Crippen LogP contribution in [0.3, 0.4) is 0 Å². The molecule has 1 heterocycles. The summed E-state index contributed by atoms with van der Waals surface area (Å²) in [5.41, 5.74) is 0.429. The van der Waals surface area contributed by atoms with Gasteiger partial charge in [0.25, 0.3) is 0 Å². The van der Waals surface area contributed by atoms with Gasteiger partial charge in [0, 0.05) is 11.6 Å². The zero-order valence-corrected chi connectivity index (χ0v) is 9.56. The van der Waals surface area contributed by atoms with Crippen LogP contribution in [0.5, 0.6) is 0 Å². The molecule has 0 spiro atoms. The molecule has 0 amide bonds. The van der Waals surface area contributed by atoms with Gasteiger partial charge in [-0.15, -0.1) is 0 Å². The van der Waals surface area contributed by atoms with Gasteiger partial charge in [0.2, 0.25) is 11.5 Å². The van der Waals surface area contributed by atoms with Crippen LogP contribution < -0.4 is 0 Å². The molecule has 0 fully saturated rings. The molecule has 0 saturated heterocycles. The second kappa shape index (κ2) is 3.73. The molecule has 1 aliphatic heterocycles. The van der Waals surface area contributed by atoms with Gasteiger partial charge in [-0.1, -0.05) is 29.8 Å². The van der Waals surface area contributed by atoms with E-state index >= 15 is 0 Å². The van der Waals surface area contributed by atoms with Crippen molar-refractivity contribution in [3.05, 3.63) is 47.2 Å². The standard InChI is InChI=1S/C13H12O4/c1-8-4-3-5-9(6-8)13(2)11(14)7-10(17-13)12(15)16/h3-7H,1-2H3,(H,15,16). The summed E-state index contributed by atoms with van der Waals surface area (Å²) in [7, 11) is 0. The highest BCUT2D eigenvalue weighted by atomic mass is 16.5. The number of carboxylic acid groups (broad SMARTS) is 1. The molecule has 1 aromatic carbocycles. The maximum atomic E-state index is 11.9. The fraction of sp³-hybridized carbons (Fsp3) is 0.231. The smallest absolute Gasteiger partial charge is 0.371 e. The summed E-state index contributed by atoms with van der Waals surface area (Å²) < 4.78 is 5.28. The molecule has 0 radical (unpaired) electrons. The lowest BCUT2D eigenvalue weighted by Crippen LogP contribution is -2.30. The van der Waals surface area contributed by atoms with E-state index in [0.717, 1.165) is 11.6 Å². The molecular weight excluding hydrogens is 220 g/mol. The summed E-state index contributed by atoms with van der Waals surface area (Å²) >= 11 is 0. The molecule has 1 aromatic rings. The van der Waals surface area contributed by atoms with Crippen LogP contribution in [0.1, 0.15) is 18.1 Å². The van der Waals surface area contributed by atoms with Gasteiger partial charge in [0.1, 0.15) is 0 Å². The monoisotopic (exact) mass is 232 g/mol. The van der Waals surface area contributed by atoms with Crippen LogP contribution in [0.2, 0.25) is 0 Å². The Bertz CT molecular complexity index is 530. The Morgan fingerprint density at radius 3 is 2.65 bits per heavy atom. The second-order valence-electron chi connectivity index (χ2n) is 4.18. The lowest BCUT2D eigenvalue weighted by atomic mass is 9.91. The number of carboxylic acids is 1. The quantitative estimate of drug-likeness (QED) is 0.844. The number of aryl methyl sites for hydroxylation is 1. The maximum Gasteiger partial charge on any atom is 0.371 e. The fourth-order valence-corrected chi connectivity index (χ4v) is 1.80. The molecule has 0 aliphatic carbocycles. The number of rotatable bonds is 2. The van der Waals surface area contributed by atoms with Crippen molar-refractivity contribution >= 4 is 11.8 Å². The van der Waals surface area contributed by atoms with E-state index < -0.39 is 11.6 Å². The summed E-state index contributed by atoms with van der Waals surface area (Å²) in [4.78, 5) is 22.6.